The van der Waals surface area contributed by atoms with E-state index in [9.17, 15) is 24.0 Å². The van der Waals surface area contributed by atoms with Crippen LogP contribution < -0.4 is 16.4 Å². The van der Waals surface area contributed by atoms with Gasteiger partial charge in [-0.05, 0) is 13.8 Å². The summed E-state index contributed by atoms with van der Waals surface area (Å²) in [6.07, 6.45) is -0.248. The van der Waals surface area contributed by atoms with Crippen molar-refractivity contribution in [1.29, 1.82) is 0 Å². The van der Waals surface area contributed by atoms with Gasteiger partial charge < -0.3 is 30.9 Å². The van der Waals surface area contributed by atoms with E-state index in [1.54, 1.807) is 0 Å². The van der Waals surface area contributed by atoms with E-state index < -0.39 is 48.4 Å². The number of hydrogen-bond acceptors (Lipinski definition) is 8. The first kappa shape index (κ1) is 24.8. The average Bonchev–Trinajstić information content (AvgIpc) is 2.61. The number of carbonyl (C=O) groups is 5. The van der Waals surface area contributed by atoms with Crippen LogP contribution in [0.3, 0.4) is 0 Å². The van der Waals surface area contributed by atoms with Crippen molar-refractivity contribution in [2.45, 2.75) is 32.4 Å². The maximum absolute atomic E-state index is 11.8. The second-order valence-corrected chi connectivity index (χ2v) is 5.86. The molecule has 11 heteroatoms. The molecule has 0 fully saturated rings. The zero-order chi connectivity index (χ0) is 21.9. The van der Waals surface area contributed by atoms with E-state index in [4.69, 9.17) is 20.3 Å². The van der Waals surface area contributed by atoms with Crippen LogP contribution in [0.5, 0.6) is 0 Å². The molecule has 0 saturated carbocycles. The van der Waals surface area contributed by atoms with Crippen LogP contribution in [-0.2, 0) is 33.4 Å². The van der Waals surface area contributed by atoms with Crippen LogP contribution in [-0.4, -0.2) is 66.7 Å². The largest absolute Gasteiger partial charge is 0.480 e. The Labute approximate surface area is 161 Å². The van der Waals surface area contributed by atoms with Gasteiger partial charge in [0.05, 0.1) is 0 Å². The highest BCUT2D eigenvalue weighted by Gasteiger charge is 2.22. The maximum Gasteiger partial charge on any atom is 0.333 e. The SMILES string of the molecule is C=C(C)C(=O)OC[C@H](NC(=O)CCNC(=O)[C@@H](N)COC(=O)C(=C)C)C(=O)O. The zero-order valence-corrected chi connectivity index (χ0v) is 15.8. The van der Waals surface area contributed by atoms with Gasteiger partial charge in [-0.25, -0.2) is 14.4 Å². The molecule has 0 aliphatic rings. The molecule has 0 aromatic carbocycles. The van der Waals surface area contributed by atoms with Crippen molar-refractivity contribution in [3.63, 3.8) is 0 Å². The van der Waals surface area contributed by atoms with Gasteiger partial charge in [-0.15, -0.1) is 0 Å². The van der Waals surface area contributed by atoms with Crippen LogP contribution in [0.4, 0.5) is 0 Å². The molecule has 0 spiro atoms. The van der Waals surface area contributed by atoms with Gasteiger partial charge in [0.1, 0.15) is 19.3 Å². The van der Waals surface area contributed by atoms with Crippen molar-refractivity contribution in [3.8, 4) is 0 Å². The van der Waals surface area contributed by atoms with Gasteiger partial charge >= 0.3 is 17.9 Å². The van der Waals surface area contributed by atoms with Crippen molar-refractivity contribution < 1.29 is 38.6 Å². The summed E-state index contributed by atoms with van der Waals surface area (Å²) in [5.74, 6) is -4.22. The van der Waals surface area contributed by atoms with E-state index in [0.29, 0.717) is 0 Å². The van der Waals surface area contributed by atoms with Gasteiger partial charge in [0, 0.05) is 24.1 Å². The molecule has 156 valence electrons. The Balaban J connectivity index is 4.29. The summed E-state index contributed by atoms with van der Waals surface area (Å²) in [6.45, 7) is 8.50. The Bertz CT molecular complexity index is 659. The van der Waals surface area contributed by atoms with Gasteiger partial charge in [-0.3, -0.25) is 9.59 Å². The second kappa shape index (κ2) is 12.2. The number of aliphatic carboxylic acids is 1. The number of rotatable bonds is 12. The first-order valence-electron chi connectivity index (χ1n) is 8.16. The lowest BCUT2D eigenvalue weighted by molar-refractivity contribution is -0.148. The fourth-order valence-electron chi connectivity index (χ4n) is 1.52. The van der Waals surface area contributed by atoms with Gasteiger partial charge in [-0.2, -0.15) is 0 Å². The molecule has 0 heterocycles. The number of ether oxygens (including phenoxy) is 2. The number of amides is 2. The lowest BCUT2D eigenvalue weighted by Crippen LogP contribution is -2.47. The molecule has 28 heavy (non-hydrogen) atoms. The standard InChI is InChI=1S/C17H25N3O8/c1-9(2)16(25)27-7-11(18)14(22)19-6-5-13(21)20-12(15(23)24)8-28-17(26)10(3)4/h11-12H,1,3,5-8,18H2,2,4H3,(H,19,22)(H,20,21)(H,23,24)/t11-,12-/m0/s1. The van der Waals surface area contributed by atoms with E-state index in [0.717, 1.165) is 0 Å². The molecule has 0 radical (unpaired) electrons. The molecule has 0 aliphatic carbocycles. The Hall–Kier alpha value is -3.21. The maximum atomic E-state index is 11.8. The number of carboxylic acid groups (broad SMARTS) is 1. The topological polar surface area (TPSA) is 174 Å². The molecule has 0 unspecified atom stereocenters. The number of carboxylic acids is 1. The summed E-state index contributed by atoms with van der Waals surface area (Å²) in [5.41, 5.74) is 5.79. The van der Waals surface area contributed by atoms with E-state index in [-0.39, 0.29) is 30.7 Å². The monoisotopic (exact) mass is 399 g/mol. The van der Waals surface area contributed by atoms with Gasteiger partial charge in [0.15, 0.2) is 6.04 Å². The predicted molar refractivity (Wildman–Crippen MR) is 96.7 cm³/mol. The summed E-state index contributed by atoms with van der Waals surface area (Å²) in [4.78, 5) is 57.1. The normalized spacial score (nSPS) is 12.1. The minimum Gasteiger partial charge on any atom is -0.480 e. The van der Waals surface area contributed by atoms with E-state index in [2.05, 4.69) is 23.8 Å². The predicted octanol–water partition coefficient (Wildman–Crippen LogP) is -1.37. The number of hydrogen-bond donors (Lipinski definition) is 4. The first-order chi connectivity index (χ1) is 13.0. The Morgan fingerprint density at radius 2 is 1.50 bits per heavy atom. The zero-order valence-electron chi connectivity index (χ0n) is 15.8. The van der Waals surface area contributed by atoms with Crippen molar-refractivity contribution >= 4 is 29.7 Å². The Morgan fingerprint density at radius 1 is 1.00 bits per heavy atom. The Kier molecular flexibility index (Phi) is 10.8. The molecule has 0 bridgehead atoms. The van der Waals surface area contributed by atoms with Crippen LogP contribution in [0.1, 0.15) is 20.3 Å². The van der Waals surface area contributed by atoms with Crippen LogP contribution >= 0.6 is 0 Å². The molecule has 0 rings (SSSR count). The lowest BCUT2D eigenvalue weighted by Gasteiger charge is -2.15. The molecule has 0 saturated heterocycles. The van der Waals surface area contributed by atoms with E-state index in [1.165, 1.54) is 13.8 Å². The summed E-state index contributed by atoms with van der Waals surface area (Å²) in [7, 11) is 0. The van der Waals surface area contributed by atoms with Crippen LogP contribution in [0.2, 0.25) is 0 Å². The van der Waals surface area contributed by atoms with Gasteiger partial charge in [0.2, 0.25) is 11.8 Å². The first-order valence-corrected chi connectivity index (χ1v) is 8.16. The average molecular weight is 399 g/mol. The van der Waals surface area contributed by atoms with Crippen molar-refractivity contribution in [3.05, 3.63) is 24.3 Å². The van der Waals surface area contributed by atoms with Crippen LogP contribution in [0.15, 0.2) is 24.3 Å². The van der Waals surface area contributed by atoms with Crippen molar-refractivity contribution in [2.24, 2.45) is 5.73 Å². The highest BCUT2D eigenvalue weighted by atomic mass is 16.5. The van der Waals surface area contributed by atoms with Gasteiger partial charge in [0.25, 0.3) is 0 Å². The number of carbonyl (C=O) groups excluding carboxylic acids is 4. The molecule has 2 amide bonds. The minimum absolute atomic E-state index is 0.0865. The lowest BCUT2D eigenvalue weighted by atomic mass is 10.2. The molecular weight excluding hydrogens is 374 g/mol. The molecular formula is C17H25N3O8. The van der Waals surface area contributed by atoms with Crippen molar-refractivity contribution in [1.82, 2.24) is 10.6 Å². The quantitative estimate of drug-likeness (QED) is 0.228. The van der Waals surface area contributed by atoms with E-state index >= 15 is 0 Å². The smallest absolute Gasteiger partial charge is 0.333 e. The number of nitrogens with one attached hydrogen (secondary N) is 2. The summed E-state index contributed by atoms with van der Waals surface area (Å²) in [6, 6.07) is -2.59. The van der Waals surface area contributed by atoms with E-state index in [1.807, 2.05) is 0 Å². The highest BCUT2D eigenvalue weighted by Crippen LogP contribution is 1.96. The second-order valence-electron chi connectivity index (χ2n) is 5.86. The summed E-state index contributed by atoms with van der Waals surface area (Å²) >= 11 is 0. The fraction of sp³-hybridized carbons (Fsp3) is 0.471. The summed E-state index contributed by atoms with van der Waals surface area (Å²) in [5, 5.41) is 13.6. The molecule has 0 aromatic heterocycles. The number of esters is 2. The number of nitrogens with two attached hydrogens (primary N) is 1. The van der Waals surface area contributed by atoms with Crippen LogP contribution in [0.25, 0.3) is 0 Å². The van der Waals surface area contributed by atoms with Gasteiger partial charge in [-0.1, -0.05) is 13.2 Å². The molecule has 11 nitrogen and oxygen atoms in total. The third-order valence-corrected chi connectivity index (χ3v) is 3.09. The minimum atomic E-state index is -1.45. The third kappa shape index (κ3) is 10.1. The van der Waals surface area contributed by atoms with Crippen molar-refractivity contribution in [2.75, 3.05) is 19.8 Å². The summed E-state index contributed by atoms with van der Waals surface area (Å²) < 4.78 is 9.44. The molecule has 0 aromatic rings. The highest BCUT2D eigenvalue weighted by molar-refractivity contribution is 5.89. The fourth-order valence-corrected chi connectivity index (χ4v) is 1.52. The van der Waals surface area contributed by atoms with Crippen LogP contribution in [0, 0.1) is 0 Å². The molecule has 0 aliphatic heterocycles. The Morgan fingerprint density at radius 3 is 1.96 bits per heavy atom. The third-order valence-electron chi connectivity index (χ3n) is 3.09. The molecule has 5 N–H and O–H groups in total. The molecule has 2 atom stereocenters.